The van der Waals surface area contributed by atoms with Crippen molar-refractivity contribution in [3.8, 4) is 0 Å². The van der Waals surface area contributed by atoms with E-state index in [0.29, 0.717) is 5.76 Å². The molecule has 50 valence electrons. The Morgan fingerprint density at radius 3 is 2.67 bits per heavy atom. The lowest BCUT2D eigenvalue weighted by molar-refractivity contribution is 0.157. The van der Waals surface area contributed by atoms with Gasteiger partial charge in [-0.3, -0.25) is 0 Å². The minimum absolute atomic E-state index is 0.521. The molecule has 0 aliphatic heterocycles. The third-order valence-corrected chi connectivity index (χ3v) is 1.06. The van der Waals surface area contributed by atoms with Crippen molar-refractivity contribution in [2.75, 3.05) is 0 Å². The summed E-state index contributed by atoms with van der Waals surface area (Å²) >= 11 is 0. The summed E-state index contributed by atoms with van der Waals surface area (Å²) in [6.07, 6.45) is -0.550. The minimum atomic E-state index is -0.550. The highest BCUT2D eigenvalue weighted by molar-refractivity contribution is 5.04. The molecule has 0 amide bonds. The molecule has 1 N–H and O–H groups in total. The first kappa shape index (κ1) is 6.29. The van der Waals surface area contributed by atoms with Crippen LogP contribution in [0.5, 0.6) is 0 Å². The van der Waals surface area contributed by atoms with Crippen LogP contribution in [0.1, 0.15) is 24.5 Å². The van der Waals surface area contributed by atoms with Gasteiger partial charge < -0.3 is 9.63 Å². The van der Waals surface area contributed by atoms with Crippen LogP contribution < -0.4 is 0 Å². The van der Waals surface area contributed by atoms with Crippen LogP contribution in [0.25, 0.3) is 0 Å². The number of hydrogen-bond acceptors (Lipinski definition) is 3. The summed E-state index contributed by atoms with van der Waals surface area (Å²) in [7, 11) is 0. The van der Waals surface area contributed by atoms with E-state index < -0.39 is 6.10 Å². The fourth-order valence-electron chi connectivity index (χ4n) is 0.580. The van der Waals surface area contributed by atoms with Crippen molar-refractivity contribution in [1.82, 2.24) is 5.16 Å². The fourth-order valence-corrected chi connectivity index (χ4v) is 0.580. The predicted octanol–water partition coefficient (Wildman–Crippen LogP) is 1.04. The second kappa shape index (κ2) is 2.19. The van der Waals surface area contributed by atoms with Gasteiger partial charge in [0, 0.05) is 6.07 Å². The molecule has 0 aromatic carbocycles. The van der Waals surface area contributed by atoms with Gasteiger partial charge >= 0.3 is 0 Å². The topological polar surface area (TPSA) is 46.3 Å². The Bertz CT molecular complexity index is 193. The summed E-state index contributed by atoms with van der Waals surface area (Å²) in [6.45, 7) is 3.45. The predicted molar refractivity (Wildman–Crippen MR) is 31.9 cm³/mol. The zero-order valence-corrected chi connectivity index (χ0v) is 5.46. The van der Waals surface area contributed by atoms with Gasteiger partial charge in [-0.2, -0.15) is 0 Å². The Hall–Kier alpha value is -0.830. The second-order valence-corrected chi connectivity index (χ2v) is 2.05. The molecule has 0 saturated heterocycles. The highest BCUT2D eigenvalue weighted by atomic mass is 16.5. The van der Waals surface area contributed by atoms with Crippen LogP contribution in [0.15, 0.2) is 10.6 Å². The first-order valence-electron chi connectivity index (χ1n) is 2.81. The van der Waals surface area contributed by atoms with Gasteiger partial charge in [0.25, 0.3) is 0 Å². The van der Waals surface area contributed by atoms with Gasteiger partial charge in [0.05, 0.1) is 5.69 Å². The van der Waals surface area contributed by atoms with E-state index in [1.54, 1.807) is 13.0 Å². The molecule has 1 atom stereocenters. The van der Waals surface area contributed by atoms with Crippen LogP contribution in [0.4, 0.5) is 0 Å². The van der Waals surface area contributed by atoms with E-state index in [-0.39, 0.29) is 0 Å². The van der Waals surface area contributed by atoms with Crippen molar-refractivity contribution in [1.29, 1.82) is 0 Å². The lowest BCUT2D eigenvalue weighted by Gasteiger charge is -1.92. The smallest absolute Gasteiger partial charge is 0.165 e. The van der Waals surface area contributed by atoms with E-state index in [9.17, 15) is 0 Å². The maximum absolute atomic E-state index is 8.90. The largest absolute Gasteiger partial charge is 0.385 e. The molecule has 0 aliphatic rings. The van der Waals surface area contributed by atoms with Gasteiger partial charge in [-0.1, -0.05) is 5.16 Å². The summed E-state index contributed by atoms with van der Waals surface area (Å²) in [5, 5.41) is 12.5. The lowest BCUT2D eigenvalue weighted by atomic mass is 10.3. The van der Waals surface area contributed by atoms with Gasteiger partial charge in [-0.15, -0.1) is 0 Å². The molecular weight excluding hydrogens is 118 g/mol. The monoisotopic (exact) mass is 127 g/mol. The van der Waals surface area contributed by atoms with E-state index in [4.69, 9.17) is 9.63 Å². The molecule has 3 heteroatoms. The molecule has 0 bridgehead atoms. The normalized spacial score (nSPS) is 13.7. The Labute approximate surface area is 53.3 Å². The summed E-state index contributed by atoms with van der Waals surface area (Å²) < 4.78 is 4.73. The maximum Gasteiger partial charge on any atom is 0.165 e. The van der Waals surface area contributed by atoms with Crippen molar-refractivity contribution in [3.05, 3.63) is 17.5 Å². The quantitative estimate of drug-likeness (QED) is 0.613. The van der Waals surface area contributed by atoms with Crippen molar-refractivity contribution in [3.63, 3.8) is 0 Å². The fraction of sp³-hybridized carbons (Fsp3) is 0.500. The van der Waals surface area contributed by atoms with Gasteiger partial charge in [-0.05, 0) is 13.8 Å². The van der Waals surface area contributed by atoms with Crippen molar-refractivity contribution in [2.24, 2.45) is 0 Å². The Balaban J connectivity index is 2.85. The molecule has 0 saturated carbocycles. The first-order chi connectivity index (χ1) is 4.20. The molecular formula is C6H9NO2. The third-order valence-electron chi connectivity index (χ3n) is 1.06. The third kappa shape index (κ3) is 1.29. The molecule has 1 aromatic rings. The van der Waals surface area contributed by atoms with Crippen LogP contribution >= 0.6 is 0 Å². The molecule has 0 aliphatic carbocycles. The molecule has 0 fully saturated rings. The lowest BCUT2D eigenvalue weighted by Crippen LogP contribution is -1.85. The van der Waals surface area contributed by atoms with Crippen LogP contribution in [0.2, 0.25) is 0 Å². The van der Waals surface area contributed by atoms with Crippen molar-refractivity contribution < 1.29 is 9.63 Å². The summed E-state index contributed by atoms with van der Waals surface area (Å²) in [6, 6.07) is 1.71. The molecule has 1 rings (SSSR count). The average molecular weight is 127 g/mol. The van der Waals surface area contributed by atoms with E-state index in [2.05, 4.69) is 5.16 Å². The van der Waals surface area contributed by atoms with Crippen molar-refractivity contribution >= 4 is 0 Å². The molecule has 3 nitrogen and oxygen atoms in total. The van der Waals surface area contributed by atoms with Crippen molar-refractivity contribution in [2.45, 2.75) is 20.0 Å². The Morgan fingerprint density at radius 1 is 1.78 bits per heavy atom. The summed E-state index contributed by atoms with van der Waals surface area (Å²) in [5.41, 5.74) is 0.797. The number of nitrogens with zero attached hydrogens (tertiary/aromatic N) is 1. The van der Waals surface area contributed by atoms with E-state index in [1.165, 1.54) is 0 Å². The molecule has 0 spiro atoms. The first-order valence-corrected chi connectivity index (χ1v) is 2.81. The maximum atomic E-state index is 8.90. The highest BCUT2D eigenvalue weighted by Gasteiger charge is 2.04. The van der Waals surface area contributed by atoms with Gasteiger partial charge in [-0.25, -0.2) is 0 Å². The summed E-state index contributed by atoms with van der Waals surface area (Å²) in [4.78, 5) is 0. The minimum Gasteiger partial charge on any atom is -0.385 e. The SMILES string of the molecule is Cc1cc([C@H](C)O)on1. The zero-order valence-electron chi connectivity index (χ0n) is 5.46. The number of aliphatic hydroxyl groups is 1. The number of aliphatic hydroxyl groups excluding tert-OH is 1. The Kier molecular flexibility index (Phi) is 1.53. The van der Waals surface area contributed by atoms with Crippen LogP contribution in [-0.2, 0) is 0 Å². The Morgan fingerprint density at radius 2 is 2.44 bits per heavy atom. The van der Waals surface area contributed by atoms with Crippen LogP contribution in [0, 0.1) is 6.92 Å². The second-order valence-electron chi connectivity index (χ2n) is 2.05. The standard InChI is InChI=1S/C6H9NO2/c1-4-3-6(5(2)8)9-7-4/h3,5,8H,1-2H3/t5-/m0/s1. The molecule has 1 heterocycles. The number of hydrogen-bond donors (Lipinski definition) is 1. The molecule has 0 unspecified atom stereocenters. The summed E-state index contributed by atoms with van der Waals surface area (Å²) in [5.74, 6) is 0.521. The van der Waals surface area contributed by atoms with E-state index in [1.807, 2.05) is 6.92 Å². The number of aromatic nitrogens is 1. The zero-order chi connectivity index (χ0) is 6.85. The van der Waals surface area contributed by atoms with E-state index >= 15 is 0 Å². The molecule has 1 aromatic heterocycles. The van der Waals surface area contributed by atoms with Crippen LogP contribution in [0.3, 0.4) is 0 Å². The van der Waals surface area contributed by atoms with E-state index in [0.717, 1.165) is 5.69 Å². The van der Waals surface area contributed by atoms with Gasteiger partial charge in [0.1, 0.15) is 6.10 Å². The molecule has 0 radical (unpaired) electrons. The van der Waals surface area contributed by atoms with Gasteiger partial charge in [0.15, 0.2) is 5.76 Å². The van der Waals surface area contributed by atoms with Crippen LogP contribution in [-0.4, -0.2) is 10.3 Å². The highest BCUT2D eigenvalue weighted by Crippen LogP contribution is 2.11. The average Bonchev–Trinajstić information content (AvgIpc) is 2.14. The number of aryl methyl sites for hydroxylation is 1. The van der Waals surface area contributed by atoms with Gasteiger partial charge in [0.2, 0.25) is 0 Å². The molecule has 9 heavy (non-hydrogen) atoms. The number of rotatable bonds is 1.